The molecule has 0 atom stereocenters. The van der Waals surface area contributed by atoms with Gasteiger partial charge in [0.15, 0.2) is 0 Å². The summed E-state index contributed by atoms with van der Waals surface area (Å²) in [5.41, 5.74) is 9.20. The summed E-state index contributed by atoms with van der Waals surface area (Å²) in [6, 6.07) is 2.32. The zero-order valence-corrected chi connectivity index (χ0v) is 8.28. The fourth-order valence-electron chi connectivity index (χ4n) is 1.19. The lowest BCUT2D eigenvalue weighted by Gasteiger charge is -2.09. The van der Waals surface area contributed by atoms with E-state index in [1.165, 1.54) is 13.0 Å². The predicted molar refractivity (Wildman–Crippen MR) is 54.2 cm³/mol. The lowest BCUT2D eigenvalue weighted by Crippen LogP contribution is -2.07. The van der Waals surface area contributed by atoms with Gasteiger partial charge in [0.1, 0.15) is 5.82 Å². The second kappa shape index (κ2) is 4.43. The maximum atomic E-state index is 13.0. The van der Waals surface area contributed by atoms with Gasteiger partial charge in [0.25, 0.3) is 0 Å². The number of azide groups is 1. The number of carbonyl (C=O) groups is 1. The SMILES string of the molecule is CC(=O)Nc1c(C)cc(F)cc1N=[N+]=[N-]. The smallest absolute Gasteiger partial charge is 0.221 e. The molecule has 0 aromatic heterocycles. The Morgan fingerprint density at radius 2 is 2.27 bits per heavy atom. The summed E-state index contributed by atoms with van der Waals surface area (Å²) in [5, 5.41) is 5.79. The predicted octanol–water partition coefficient (Wildman–Crippen LogP) is 3.03. The van der Waals surface area contributed by atoms with E-state index in [-0.39, 0.29) is 11.6 Å². The molecule has 78 valence electrons. The summed E-state index contributed by atoms with van der Waals surface area (Å²) < 4.78 is 13.0. The molecule has 0 saturated heterocycles. The topological polar surface area (TPSA) is 77.9 Å². The molecule has 0 radical (unpaired) electrons. The van der Waals surface area contributed by atoms with Crippen LogP contribution < -0.4 is 5.32 Å². The van der Waals surface area contributed by atoms with Crippen LogP contribution in [-0.4, -0.2) is 5.91 Å². The normalized spacial score (nSPS) is 9.27. The summed E-state index contributed by atoms with van der Waals surface area (Å²) in [5.74, 6) is -0.817. The Morgan fingerprint density at radius 3 is 2.80 bits per heavy atom. The van der Waals surface area contributed by atoms with Crippen molar-refractivity contribution in [1.82, 2.24) is 0 Å². The number of hydrogen-bond acceptors (Lipinski definition) is 2. The quantitative estimate of drug-likeness (QED) is 0.452. The first-order valence-electron chi connectivity index (χ1n) is 4.17. The van der Waals surface area contributed by atoms with Crippen LogP contribution in [0.4, 0.5) is 15.8 Å². The first kappa shape index (κ1) is 11.0. The van der Waals surface area contributed by atoms with Gasteiger partial charge in [-0.3, -0.25) is 4.79 Å². The summed E-state index contributed by atoms with van der Waals surface area (Å²) in [6.45, 7) is 2.94. The molecule has 1 aromatic rings. The maximum Gasteiger partial charge on any atom is 0.221 e. The van der Waals surface area contributed by atoms with E-state index < -0.39 is 5.82 Å². The fourth-order valence-corrected chi connectivity index (χ4v) is 1.19. The molecule has 0 unspecified atom stereocenters. The van der Waals surface area contributed by atoms with Crippen LogP contribution in [0.25, 0.3) is 10.4 Å². The number of anilines is 1. The summed E-state index contributed by atoms with van der Waals surface area (Å²) in [7, 11) is 0. The van der Waals surface area contributed by atoms with Gasteiger partial charge in [0, 0.05) is 11.8 Å². The second-order valence-corrected chi connectivity index (χ2v) is 2.99. The Hall–Kier alpha value is -2.07. The lowest BCUT2D eigenvalue weighted by molar-refractivity contribution is -0.114. The molecular weight excluding hydrogens is 199 g/mol. The zero-order valence-electron chi connectivity index (χ0n) is 8.28. The highest BCUT2D eigenvalue weighted by molar-refractivity contribution is 5.93. The van der Waals surface area contributed by atoms with Crippen molar-refractivity contribution in [2.75, 3.05) is 5.32 Å². The molecule has 1 aromatic carbocycles. The average Bonchev–Trinajstić information content (AvgIpc) is 2.11. The van der Waals surface area contributed by atoms with Crippen molar-refractivity contribution < 1.29 is 9.18 Å². The number of nitrogens with one attached hydrogen (secondary N) is 1. The van der Waals surface area contributed by atoms with Crippen LogP contribution in [-0.2, 0) is 4.79 Å². The summed E-state index contributed by atoms with van der Waals surface area (Å²) in [6.07, 6.45) is 0. The van der Waals surface area contributed by atoms with Gasteiger partial charge < -0.3 is 5.32 Å². The van der Waals surface area contributed by atoms with E-state index in [1.54, 1.807) is 6.92 Å². The molecule has 0 aliphatic rings. The van der Waals surface area contributed by atoms with Crippen LogP contribution in [0.1, 0.15) is 12.5 Å². The number of nitrogens with zero attached hydrogens (tertiary/aromatic N) is 3. The summed E-state index contributed by atoms with van der Waals surface area (Å²) >= 11 is 0. The standard InChI is InChI=1S/C9H9FN4O/c1-5-3-7(10)4-8(13-14-11)9(5)12-6(2)15/h3-4H,1-2H3,(H,12,15). The van der Waals surface area contributed by atoms with Crippen LogP contribution in [0.2, 0.25) is 0 Å². The molecule has 1 rings (SSSR count). The van der Waals surface area contributed by atoms with E-state index in [0.717, 1.165) is 6.07 Å². The van der Waals surface area contributed by atoms with Gasteiger partial charge in [0.05, 0.1) is 11.4 Å². The van der Waals surface area contributed by atoms with Crippen LogP contribution >= 0.6 is 0 Å². The lowest BCUT2D eigenvalue weighted by atomic mass is 10.1. The molecule has 0 heterocycles. The number of rotatable bonds is 2. The zero-order chi connectivity index (χ0) is 11.4. The average molecular weight is 208 g/mol. The molecule has 5 nitrogen and oxygen atoms in total. The molecule has 15 heavy (non-hydrogen) atoms. The van der Waals surface area contributed by atoms with Crippen molar-refractivity contribution in [3.63, 3.8) is 0 Å². The number of benzene rings is 1. The van der Waals surface area contributed by atoms with E-state index >= 15 is 0 Å². The highest BCUT2D eigenvalue weighted by Crippen LogP contribution is 2.29. The molecule has 0 bridgehead atoms. The van der Waals surface area contributed by atoms with Gasteiger partial charge in [-0.1, -0.05) is 5.11 Å². The van der Waals surface area contributed by atoms with Gasteiger partial charge in [-0.05, 0) is 30.2 Å². The van der Waals surface area contributed by atoms with Gasteiger partial charge in [-0.2, -0.15) is 0 Å². The molecule has 0 aliphatic heterocycles. The van der Waals surface area contributed by atoms with Crippen molar-refractivity contribution in [2.24, 2.45) is 5.11 Å². The molecule has 6 heteroatoms. The Morgan fingerprint density at radius 1 is 1.60 bits per heavy atom. The van der Waals surface area contributed by atoms with Crippen molar-refractivity contribution in [3.05, 3.63) is 34.0 Å². The fraction of sp³-hybridized carbons (Fsp3) is 0.222. The van der Waals surface area contributed by atoms with Gasteiger partial charge in [0.2, 0.25) is 5.91 Å². The van der Waals surface area contributed by atoms with Crippen LogP contribution in [0.3, 0.4) is 0 Å². The number of aryl methyl sites for hydroxylation is 1. The Labute approximate surface area is 85.5 Å². The maximum absolute atomic E-state index is 13.0. The highest BCUT2D eigenvalue weighted by atomic mass is 19.1. The monoisotopic (exact) mass is 208 g/mol. The second-order valence-electron chi connectivity index (χ2n) is 2.99. The third kappa shape index (κ3) is 2.69. The minimum atomic E-state index is -0.510. The first-order chi connectivity index (χ1) is 7.04. The molecule has 0 aliphatic carbocycles. The van der Waals surface area contributed by atoms with E-state index in [1.807, 2.05) is 0 Å². The summed E-state index contributed by atoms with van der Waals surface area (Å²) in [4.78, 5) is 13.4. The van der Waals surface area contributed by atoms with Crippen molar-refractivity contribution >= 4 is 17.3 Å². The van der Waals surface area contributed by atoms with Gasteiger partial charge in [-0.15, -0.1) is 0 Å². The Bertz CT molecular complexity index is 452. The Kier molecular flexibility index (Phi) is 3.25. The van der Waals surface area contributed by atoms with Crippen molar-refractivity contribution in [3.8, 4) is 0 Å². The number of amides is 1. The Balaban J connectivity index is 3.32. The van der Waals surface area contributed by atoms with E-state index in [9.17, 15) is 9.18 Å². The number of carbonyl (C=O) groups excluding carboxylic acids is 1. The van der Waals surface area contributed by atoms with Crippen LogP contribution in [0, 0.1) is 12.7 Å². The number of hydrogen-bond donors (Lipinski definition) is 1. The minimum absolute atomic E-state index is 0.0743. The molecule has 0 fully saturated rings. The molecule has 1 amide bonds. The third-order valence-corrected chi connectivity index (χ3v) is 1.73. The van der Waals surface area contributed by atoms with Crippen molar-refractivity contribution in [1.29, 1.82) is 0 Å². The van der Waals surface area contributed by atoms with E-state index in [4.69, 9.17) is 5.53 Å². The first-order valence-corrected chi connectivity index (χ1v) is 4.17. The van der Waals surface area contributed by atoms with Gasteiger partial charge >= 0.3 is 0 Å². The molecule has 0 saturated carbocycles. The number of halogens is 1. The molecular formula is C9H9FN4O. The van der Waals surface area contributed by atoms with E-state index in [2.05, 4.69) is 15.3 Å². The molecule has 0 spiro atoms. The molecule has 1 N–H and O–H groups in total. The third-order valence-electron chi connectivity index (χ3n) is 1.73. The van der Waals surface area contributed by atoms with Crippen LogP contribution in [0.15, 0.2) is 17.2 Å². The highest BCUT2D eigenvalue weighted by Gasteiger charge is 2.08. The van der Waals surface area contributed by atoms with E-state index in [0.29, 0.717) is 11.3 Å². The van der Waals surface area contributed by atoms with Gasteiger partial charge in [-0.25, -0.2) is 4.39 Å². The largest absolute Gasteiger partial charge is 0.326 e. The van der Waals surface area contributed by atoms with Crippen molar-refractivity contribution in [2.45, 2.75) is 13.8 Å². The minimum Gasteiger partial charge on any atom is -0.326 e. The van der Waals surface area contributed by atoms with Crippen LogP contribution in [0.5, 0.6) is 0 Å².